The molecule has 0 aliphatic carbocycles. The fraction of sp³-hybridized carbons (Fsp3) is 0.533. The second-order valence-corrected chi connectivity index (χ2v) is 5.24. The van der Waals surface area contributed by atoms with E-state index in [0.29, 0.717) is 11.5 Å². The monoisotopic (exact) mass is 293 g/mol. The van der Waals surface area contributed by atoms with Gasteiger partial charge in [0.25, 0.3) is 0 Å². The first-order valence-electron chi connectivity index (χ1n) is 7.02. The summed E-state index contributed by atoms with van der Waals surface area (Å²) < 4.78 is 10.7. The number of hydrogen-bond donors (Lipinski definition) is 2. The van der Waals surface area contributed by atoms with Crippen molar-refractivity contribution in [1.82, 2.24) is 10.2 Å². The van der Waals surface area contributed by atoms with Gasteiger partial charge in [0.2, 0.25) is 5.91 Å². The molecule has 21 heavy (non-hydrogen) atoms. The molecule has 6 nitrogen and oxygen atoms in total. The van der Waals surface area contributed by atoms with Gasteiger partial charge in [-0.2, -0.15) is 0 Å². The van der Waals surface area contributed by atoms with Crippen LogP contribution in [0.3, 0.4) is 0 Å². The summed E-state index contributed by atoms with van der Waals surface area (Å²) in [5, 5.41) is 3.28. The van der Waals surface area contributed by atoms with Crippen molar-refractivity contribution in [3.8, 4) is 11.5 Å². The van der Waals surface area contributed by atoms with E-state index in [0.717, 1.165) is 31.7 Å². The zero-order chi connectivity index (χ0) is 15.5. The summed E-state index contributed by atoms with van der Waals surface area (Å²) in [7, 11) is 3.18. The van der Waals surface area contributed by atoms with E-state index < -0.39 is 5.54 Å². The van der Waals surface area contributed by atoms with Crippen LogP contribution < -0.4 is 20.5 Å². The maximum atomic E-state index is 12.2. The maximum absolute atomic E-state index is 12.2. The molecule has 0 radical (unpaired) electrons. The van der Waals surface area contributed by atoms with Crippen molar-refractivity contribution >= 4 is 5.91 Å². The van der Waals surface area contributed by atoms with Crippen molar-refractivity contribution in [2.24, 2.45) is 5.73 Å². The van der Waals surface area contributed by atoms with Crippen molar-refractivity contribution in [2.45, 2.75) is 12.5 Å². The van der Waals surface area contributed by atoms with Crippen LogP contribution in [0.5, 0.6) is 11.5 Å². The molecule has 1 aromatic carbocycles. The number of rotatable bonds is 5. The van der Waals surface area contributed by atoms with Gasteiger partial charge in [-0.05, 0) is 19.1 Å². The molecule has 116 valence electrons. The molecule has 1 heterocycles. The third-order valence-corrected chi connectivity index (χ3v) is 4.16. The van der Waals surface area contributed by atoms with Crippen LogP contribution in [0.2, 0.25) is 0 Å². The van der Waals surface area contributed by atoms with Crippen molar-refractivity contribution in [2.75, 3.05) is 40.4 Å². The van der Waals surface area contributed by atoms with Gasteiger partial charge in [0, 0.05) is 37.8 Å². The Labute approximate surface area is 125 Å². The van der Waals surface area contributed by atoms with Crippen molar-refractivity contribution in [3.05, 3.63) is 23.8 Å². The molecule has 1 fully saturated rings. The lowest BCUT2D eigenvalue weighted by Crippen LogP contribution is -2.58. The summed E-state index contributed by atoms with van der Waals surface area (Å²) in [6, 6.07) is 5.45. The summed E-state index contributed by atoms with van der Waals surface area (Å²) >= 11 is 0. The average Bonchev–Trinajstić information content (AvgIpc) is 2.54. The number of carbonyl (C=O) groups excluding carboxylic acids is 1. The summed E-state index contributed by atoms with van der Waals surface area (Å²) in [4.78, 5) is 14.3. The minimum atomic E-state index is -0.903. The number of nitrogens with two attached hydrogens (primary N) is 1. The minimum Gasteiger partial charge on any atom is -0.497 e. The van der Waals surface area contributed by atoms with E-state index in [1.165, 1.54) is 0 Å². The molecule has 3 N–H and O–H groups in total. The highest BCUT2D eigenvalue weighted by atomic mass is 16.5. The highest BCUT2D eigenvalue weighted by molar-refractivity contribution is 5.86. The highest BCUT2D eigenvalue weighted by Gasteiger charge is 2.42. The van der Waals surface area contributed by atoms with Gasteiger partial charge in [-0.1, -0.05) is 0 Å². The predicted molar refractivity (Wildman–Crippen MR) is 80.5 cm³/mol. The van der Waals surface area contributed by atoms with E-state index in [2.05, 4.69) is 10.2 Å². The van der Waals surface area contributed by atoms with E-state index in [-0.39, 0.29) is 5.91 Å². The van der Waals surface area contributed by atoms with Crippen LogP contribution in [0.25, 0.3) is 0 Å². The summed E-state index contributed by atoms with van der Waals surface area (Å²) in [6.07, 6.45) is 0. The molecular weight excluding hydrogens is 270 g/mol. The van der Waals surface area contributed by atoms with E-state index >= 15 is 0 Å². The maximum Gasteiger partial charge on any atom is 0.242 e. The lowest BCUT2D eigenvalue weighted by molar-refractivity contribution is -0.130. The van der Waals surface area contributed by atoms with Gasteiger partial charge in [0.05, 0.1) is 14.2 Å². The Bertz CT molecular complexity index is 515. The minimum absolute atomic E-state index is 0.382. The first kappa shape index (κ1) is 15.6. The van der Waals surface area contributed by atoms with Gasteiger partial charge >= 0.3 is 0 Å². The highest BCUT2D eigenvalue weighted by Crippen LogP contribution is 2.37. The average molecular weight is 293 g/mol. The zero-order valence-corrected chi connectivity index (χ0v) is 12.8. The number of methoxy groups -OCH3 is 2. The van der Waals surface area contributed by atoms with Crippen LogP contribution in [0.1, 0.15) is 12.5 Å². The van der Waals surface area contributed by atoms with Crippen molar-refractivity contribution in [1.29, 1.82) is 0 Å². The second-order valence-electron chi connectivity index (χ2n) is 5.24. The molecule has 1 atom stereocenters. The van der Waals surface area contributed by atoms with Gasteiger partial charge < -0.3 is 20.5 Å². The van der Waals surface area contributed by atoms with Gasteiger partial charge in [-0.25, -0.2) is 0 Å². The number of nitrogens with zero attached hydrogens (tertiary/aromatic N) is 1. The fourth-order valence-electron chi connectivity index (χ4n) is 2.77. The Kier molecular flexibility index (Phi) is 4.69. The molecule has 1 unspecified atom stereocenters. The smallest absolute Gasteiger partial charge is 0.242 e. The Morgan fingerprint density at radius 1 is 1.29 bits per heavy atom. The first-order valence-corrected chi connectivity index (χ1v) is 7.02. The van der Waals surface area contributed by atoms with Crippen LogP contribution in [-0.2, 0) is 10.3 Å². The molecule has 0 spiro atoms. The van der Waals surface area contributed by atoms with Crippen LogP contribution in [0.4, 0.5) is 0 Å². The molecule has 1 aliphatic heterocycles. The number of carbonyl (C=O) groups is 1. The molecule has 2 rings (SSSR count). The van der Waals surface area contributed by atoms with E-state index in [1.807, 2.05) is 19.1 Å². The Hall–Kier alpha value is -1.79. The molecule has 1 aliphatic rings. The SMILES string of the molecule is COc1ccc(C(C)(C(N)=O)N2CCNCC2)c(OC)c1. The third kappa shape index (κ3) is 2.82. The van der Waals surface area contributed by atoms with Crippen LogP contribution >= 0.6 is 0 Å². The largest absolute Gasteiger partial charge is 0.497 e. The second kappa shape index (κ2) is 6.32. The molecule has 1 aromatic rings. The lowest BCUT2D eigenvalue weighted by Gasteiger charge is -2.42. The molecule has 0 saturated carbocycles. The zero-order valence-electron chi connectivity index (χ0n) is 12.8. The summed E-state index contributed by atoms with van der Waals surface area (Å²) in [5.74, 6) is 0.907. The fourth-order valence-corrected chi connectivity index (χ4v) is 2.77. The van der Waals surface area contributed by atoms with Crippen molar-refractivity contribution in [3.63, 3.8) is 0 Å². The van der Waals surface area contributed by atoms with Crippen LogP contribution in [-0.4, -0.2) is 51.2 Å². The Balaban J connectivity index is 2.48. The Morgan fingerprint density at radius 3 is 2.48 bits per heavy atom. The quantitative estimate of drug-likeness (QED) is 0.817. The molecule has 1 amide bonds. The number of hydrogen-bond acceptors (Lipinski definition) is 5. The number of nitrogens with one attached hydrogen (secondary N) is 1. The number of primary amides is 1. The topological polar surface area (TPSA) is 76.8 Å². The summed E-state index contributed by atoms with van der Waals surface area (Å²) in [5.41, 5.74) is 5.60. The predicted octanol–water partition coefficient (Wildman–Crippen LogP) is 0.310. The van der Waals surface area contributed by atoms with Gasteiger partial charge in [-0.15, -0.1) is 0 Å². The lowest BCUT2D eigenvalue weighted by atomic mass is 9.87. The van der Waals surface area contributed by atoms with Gasteiger partial charge in [-0.3, -0.25) is 9.69 Å². The standard InChI is InChI=1S/C15H23N3O3/c1-15(14(16)19,18-8-6-17-7-9-18)12-5-4-11(20-2)10-13(12)21-3/h4-5,10,17H,6-9H2,1-3H3,(H2,16,19). The third-order valence-electron chi connectivity index (χ3n) is 4.16. The Morgan fingerprint density at radius 2 is 1.95 bits per heavy atom. The number of benzene rings is 1. The molecule has 1 saturated heterocycles. The summed E-state index contributed by atoms with van der Waals surface area (Å²) in [6.45, 7) is 5.04. The normalized spacial score (nSPS) is 18.8. The molecule has 6 heteroatoms. The number of ether oxygens (including phenoxy) is 2. The number of piperazine rings is 1. The van der Waals surface area contributed by atoms with E-state index in [9.17, 15) is 4.79 Å². The molecule has 0 aromatic heterocycles. The first-order chi connectivity index (χ1) is 10.0. The van der Waals surface area contributed by atoms with E-state index in [1.54, 1.807) is 20.3 Å². The molecule has 0 bridgehead atoms. The van der Waals surface area contributed by atoms with Gasteiger partial charge in [0.15, 0.2) is 0 Å². The number of amides is 1. The van der Waals surface area contributed by atoms with Gasteiger partial charge in [0.1, 0.15) is 17.0 Å². The molecular formula is C15H23N3O3. The van der Waals surface area contributed by atoms with Crippen LogP contribution in [0.15, 0.2) is 18.2 Å². The van der Waals surface area contributed by atoms with Crippen LogP contribution in [0, 0.1) is 0 Å². The van der Waals surface area contributed by atoms with E-state index in [4.69, 9.17) is 15.2 Å². The van der Waals surface area contributed by atoms with Crippen molar-refractivity contribution < 1.29 is 14.3 Å².